The second-order valence-corrected chi connectivity index (χ2v) is 10.9. The molecule has 2 aromatic heterocycles. The summed E-state index contributed by atoms with van der Waals surface area (Å²) in [6, 6.07) is 13.4. The third-order valence-corrected chi connectivity index (χ3v) is 8.16. The number of hydrogen-bond donors (Lipinski definition) is 3. The second kappa shape index (κ2) is 11.3. The molecule has 11 heteroatoms. The van der Waals surface area contributed by atoms with Crippen LogP contribution in [0.25, 0.3) is 11.0 Å². The zero-order valence-electron chi connectivity index (χ0n) is 20.8. The number of aromatic amines is 1. The normalized spacial score (nSPS) is 13.7. The number of carbonyl (C=O) groups excluding carboxylic acids is 2. The Bertz CT molecular complexity index is 1570. The van der Waals surface area contributed by atoms with E-state index >= 15 is 0 Å². The number of thioether (sulfide) groups is 1. The highest BCUT2D eigenvalue weighted by atomic mass is 35.5. The van der Waals surface area contributed by atoms with Crippen LogP contribution in [0.15, 0.2) is 59.6 Å². The Hall–Kier alpha value is -3.53. The lowest BCUT2D eigenvalue weighted by Crippen LogP contribution is -2.42. The van der Waals surface area contributed by atoms with E-state index in [1.54, 1.807) is 41.1 Å². The molecule has 2 aromatic carbocycles. The van der Waals surface area contributed by atoms with Crippen molar-refractivity contribution < 1.29 is 19.5 Å². The highest BCUT2D eigenvalue weighted by molar-refractivity contribution is 7.98. The van der Waals surface area contributed by atoms with Gasteiger partial charge in [0.05, 0.1) is 15.6 Å². The van der Waals surface area contributed by atoms with Gasteiger partial charge >= 0.3 is 5.97 Å². The number of aliphatic carboxylic acids is 1. The molecule has 0 unspecified atom stereocenters. The summed E-state index contributed by atoms with van der Waals surface area (Å²) in [5.74, 6) is -2.00. The van der Waals surface area contributed by atoms with Crippen molar-refractivity contribution >= 4 is 63.8 Å². The van der Waals surface area contributed by atoms with E-state index in [2.05, 4.69) is 15.3 Å². The van der Waals surface area contributed by atoms with Crippen LogP contribution in [0, 0.1) is 0 Å². The molecule has 0 saturated heterocycles. The van der Waals surface area contributed by atoms with Crippen molar-refractivity contribution in [3.8, 4) is 0 Å². The van der Waals surface area contributed by atoms with Crippen molar-refractivity contribution in [2.45, 2.75) is 30.3 Å². The molecule has 3 heterocycles. The molecule has 0 spiro atoms. The lowest BCUT2D eigenvalue weighted by molar-refractivity contribution is -0.139. The number of nitrogens with zero attached hydrogens (tertiary/aromatic N) is 2. The number of aromatic nitrogens is 2. The second-order valence-electron chi connectivity index (χ2n) is 9.21. The molecule has 1 atom stereocenters. The van der Waals surface area contributed by atoms with Gasteiger partial charge in [-0.15, -0.1) is 11.8 Å². The largest absolute Gasteiger partial charge is 0.480 e. The van der Waals surface area contributed by atoms with Gasteiger partial charge in [-0.05, 0) is 65.8 Å². The van der Waals surface area contributed by atoms with Gasteiger partial charge in [0.1, 0.15) is 17.4 Å². The summed E-state index contributed by atoms with van der Waals surface area (Å²) >= 11 is 14.7. The molecule has 0 bridgehead atoms. The molecule has 0 saturated carbocycles. The molecule has 2 amide bonds. The van der Waals surface area contributed by atoms with Crippen LogP contribution in [0.1, 0.15) is 37.5 Å². The van der Waals surface area contributed by atoms with Gasteiger partial charge in [0.25, 0.3) is 11.8 Å². The number of carboxylic acids is 1. The van der Waals surface area contributed by atoms with E-state index < -0.39 is 17.9 Å². The monoisotopic (exact) mass is 582 g/mol. The minimum atomic E-state index is -1.17. The minimum absolute atomic E-state index is 0.0302. The van der Waals surface area contributed by atoms with Crippen molar-refractivity contribution in [1.29, 1.82) is 0 Å². The Morgan fingerprint density at radius 2 is 2.00 bits per heavy atom. The topological polar surface area (TPSA) is 115 Å². The van der Waals surface area contributed by atoms with E-state index in [9.17, 15) is 19.5 Å². The van der Waals surface area contributed by atoms with Crippen molar-refractivity contribution in [3.05, 3.63) is 92.7 Å². The number of hydrogen-bond acceptors (Lipinski definition) is 5. The van der Waals surface area contributed by atoms with Gasteiger partial charge in [-0.3, -0.25) is 9.59 Å². The van der Waals surface area contributed by atoms with Crippen LogP contribution in [0.2, 0.25) is 10.0 Å². The fraction of sp³-hybridized carbons (Fsp3) is 0.214. The molecule has 0 radical (unpaired) electrons. The fourth-order valence-corrected chi connectivity index (χ4v) is 5.99. The smallest absolute Gasteiger partial charge is 0.326 e. The maximum Gasteiger partial charge on any atom is 0.326 e. The summed E-state index contributed by atoms with van der Waals surface area (Å²) in [6.07, 6.45) is 4.11. The molecule has 0 aliphatic carbocycles. The van der Waals surface area contributed by atoms with Gasteiger partial charge in [0, 0.05) is 36.0 Å². The maximum absolute atomic E-state index is 13.2. The molecule has 8 nitrogen and oxygen atoms in total. The maximum atomic E-state index is 13.2. The molecule has 5 rings (SSSR count). The third-order valence-electron chi connectivity index (χ3n) is 6.72. The van der Waals surface area contributed by atoms with Crippen LogP contribution in [0.5, 0.6) is 0 Å². The number of H-pyrrole nitrogens is 1. The van der Waals surface area contributed by atoms with Crippen molar-refractivity contribution in [2.75, 3.05) is 12.8 Å². The summed E-state index contributed by atoms with van der Waals surface area (Å²) in [5.41, 5.74) is 3.34. The average molecular weight is 583 g/mol. The van der Waals surface area contributed by atoms with Gasteiger partial charge < -0.3 is 20.3 Å². The number of carboxylic acid groups (broad SMARTS) is 1. The van der Waals surface area contributed by atoms with Crippen LogP contribution in [-0.2, 0) is 24.2 Å². The van der Waals surface area contributed by atoms with E-state index in [1.807, 2.05) is 36.6 Å². The number of pyridine rings is 1. The number of fused-ring (bicyclic) bond motifs is 2. The number of rotatable bonds is 7. The SMILES string of the molecule is CSc1cccc(C[C@H](NC(=O)c2c(Cl)cc3c(c2Cl)CCN(C(=O)c2cc4cccnc4[nH]2)C3)C(=O)O)c1. The molecule has 200 valence electrons. The predicted octanol–water partition coefficient (Wildman–Crippen LogP) is 5.22. The van der Waals surface area contributed by atoms with Crippen LogP contribution in [-0.4, -0.2) is 56.6 Å². The number of benzene rings is 2. The zero-order chi connectivity index (χ0) is 27.7. The van der Waals surface area contributed by atoms with Crippen LogP contribution >= 0.6 is 35.0 Å². The van der Waals surface area contributed by atoms with Gasteiger partial charge in [-0.2, -0.15) is 0 Å². The minimum Gasteiger partial charge on any atom is -0.480 e. The van der Waals surface area contributed by atoms with E-state index in [4.69, 9.17) is 23.2 Å². The van der Waals surface area contributed by atoms with Crippen molar-refractivity contribution in [3.63, 3.8) is 0 Å². The summed E-state index contributed by atoms with van der Waals surface area (Å²) in [6.45, 7) is 0.655. The van der Waals surface area contributed by atoms with Gasteiger partial charge in [-0.1, -0.05) is 35.3 Å². The number of nitrogens with one attached hydrogen (secondary N) is 2. The highest BCUT2D eigenvalue weighted by Crippen LogP contribution is 2.35. The molecule has 3 N–H and O–H groups in total. The quantitative estimate of drug-likeness (QED) is 0.257. The number of carbonyl (C=O) groups is 3. The Kier molecular flexibility index (Phi) is 7.83. The summed E-state index contributed by atoms with van der Waals surface area (Å²) in [7, 11) is 0. The summed E-state index contributed by atoms with van der Waals surface area (Å²) in [4.78, 5) is 48.4. The Morgan fingerprint density at radius 3 is 2.74 bits per heavy atom. The molecule has 1 aliphatic rings. The van der Waals surface area contributed by atoms with Gasteiger partial charge in [0.2, 0.25) is 0 Å². The lowest BCUT2D eigenvalue weighted by Gasteiger charge is -2.30. The van der Waals surface area contributed by atoms with Crippen LogP contribution in [0.4, 0.5) is 0 Å². The number of amides is 2. The first-order chi connectivity index (χ1) is 18.7. The van der Waals surface area contributed by atoms with Gasteiger partial charge in [-0.25, -0.2) is 9.78 Å². The highest BCUT2D eigenvalue weighted by Gasteiger charge is 2.30. The molecule has 39 heavy (non-hydrogen) atoms. The van der Waals surface area contributed by atoms with Crippen LogP contribution < -0.4 is 5.32 Å². The molecular formula is C28H24Cl2N4O4S. The van der Waals surface area contributed by atoms with E-state index in [1.165, 1.54) is 0 Å². The summed E-state index contributed by atoms with van der Waals surface area (Å²) < 4.78 is 0. The van der Waals surface area contributed by atoms with E-state index in [-0.39, 0.29) is 34.5 Å². The number of halogens is 2. The standard InChI is InChI=1S/C28H24Cl2N4O4S/c1-39-18-6-2-4-15(10-18)11-22(28(37)38)33-26(35)23-20(29)12-17-14-34(9-7-19(17)24(23)30)27(36)21-13-16-5-3-8-31-25(16)32-21/h2-6,8,10,12-13,22H,7,9,11,14H2,1H3,(H,31,32)(H,33,35)(H,37,38)/t22-/m0/s1. The first kappa shape index (κ1) is 27.1. The van der Waals surface area contributed by atoms with Crippen LogP contribution in [0.3, 0.4) is 0 Å². The predicted molar refractivity (Wildman–Crippen MR) is 152 cm³/mol. The van der Waals surface area contributed by atoms with Gasteiger partial charge in [0.15, 0.2) is 0 Å². The van der Waals surface area contributed by atoms with E-state index in [0.29, 0.717) is 29.9 Å². The molecular weight excluding hydrogens is 559 g/mol. The Balaban J connectivity index is 1.34. The van der Waals surface area contributed by atoms with Crippen molar-refractivity contribution in [1.82, 2.24) is 20.2 Å². The van der Waals surface area contributed by atoms with Crippen molar-refractivity contribution in [2.24, 2.45) is 0 Å². The first-order valence-electron chi connectivity index (χ1n) is 12.1. The first-order valence-corrected chi connectivity index (χ1v) is 14.1. The third kappa shape index (κ3) is 5.61. The Morgan fingerprint density at radius 1 is 1.18 bits per heavy atom. The van der Waals surface area contributed by atoms with E-state index in [0.717, 1.165) is 21.4 Å². The summed E-state index contributed by atoms with van der Waals surface area (Å²) in [5, 5.41) is 13.5. The molecule has 0 fully saturated rings. The molecule has 1 aliphatic heterocycles. The average Bonchev–Trinajstić information content (AvgIpc) is 3.36. The fourth-order valence-electron chi connectivity index (χ4n) is 4.74. The lowest BCUT2D eigenvalue weighted by atomic mass is 9.96. The molecule has 4 aromatic rings. The Labute approximate surface area is 238 Å². The zero-order valence-corrected chi connectivity index (χ0v) is 23.2.